The van der Waals surface area contributed by atoms with E-state index >= 15 is 0 Å². The predicted octanol–water partition coefficient (Wildman–Crippen LogP) is 5.51. The number of hydrogen-bond acceptors (Lipinski definition) is 1. The fraction of sp³-hybridized carbons (Fsp3) is 0.118. The maximum absolute atomic E-state index is 12.6. The summed E-state index contributed by atoms with van der Waals surface area (Å²) in [7, 11) is 0. The van der Waals surface area contributed by atoms with E-state index in [2.05, 4.69) is 26.2 Å². The number of rotatable bonds is 2. The summed E-state index contributed by atoms with van der Waals surface area (Å²) < 4.78 is 38.6. The van der Waals surface area contributed by atoms with Crippen LogP contribution in [0.25, 0.3) is 10.9 Å². The van der Waals surface area contributed by atoms with Gasteiger partial charge in [0, 0.05) is 21.1 Å². The van der Waals surface area contributed by atoms with E-state index < -0.39 is 17.6 Å². The lowest BCUT2D eigenvalue weighted by Crippen LogP contribution is -2.13. The Morgan fingerprint density at radius 1 is 1.12 bits per heavy atom. The Labute approximate surface area is 144 Å². The lowest BCUT2D eigenvalue weighted by atomic mass is 10.1. The van der Waals surface area contributed by atoms with Gasteiger partial charge in [-0.15, -0.1) is 0 Å². The van der Waals surface area contributed by atoms with E-state index in [4.69, 9.17) is 0 Å². The van der Waals surface area contributed by atoms with Crippen LogP contribution in [0.15, 0.2) is 46.9 Å². The molecule has 1 aromatic heterocycles. The van der Waals surface area contributed by atoms with Crippen molar-refractivity contribution in [3.8, 4) is 0 Å². The summed E-state index contributed by atoms with van der Waals surface area (Å²) in [6, 6.07) is 9.54. The number of halogens is 4. The third kappa shape index (κ3) is 3.17. The molecule has 0 aliphatic carbocycles. The summed E-state index contributed by atoms with van der Waals surface area (Å²) >= 11 is 3.43. The maximum atomic E-state index is 12.6. The zero-order valence-electron chi connectivity index (χ0n) is 12.5. The molecule has 3 aromatic rings. The third-order valence-corrected chi connectivity index (χ3v) is 4.26. The quantitative estimate of drug-likeness (QED) is 0.589. The minimum atomic E-state index is -4.42. The van der Waals surface area contributed by atoms with Crippen LogP contribution < -0.4 is 5.32 Å². The van der Waals surface area contributed by atoms with Gasteiger partial charge in [-0.3, -0.25) is 4.79 Å². The average Bonchev–Trinajstić information content (AvgIpc) is 2.92. The molecule has 2 N–H and O–H groups in total. The Morgan fingerprint density at radius 2 is 1.79 bits per heavy atom. The van der Waals surface area contributed by atoms with E-state index in [1.807, 2.05) is 13.0 Å². The van der Waals surface area contributed by atoms with Gasteiger partial charge in [0.25, 0.3) is 5.91 Å². The van der Waals surface area contributed by atoms with Crippen LogP contribution in [0.1, 0.15) is 21.6 Å². The van der Waals surface area contributed by atoms with E-state index in [-0.39, 0.29) is 5.56 Å². The zero-order chi connectivity index (χ0) is 17.5. The van der Waals surface area contributed by atoms with Crippen LogP contribution >= 0.6 is 15.9 Å². The van der Waals surface area contributed by atoms with Crippen LogP contribution in [0.5, 0.6) is 0 Å². The van der Waals surface area contributed by atoms with Crippen molar-refractivity contribution in [2.24, 2.45) is 0 Å². The van der Waals surface area contributed by atoms with Crippen LogP contribution in [0.2, 0.25) is 0 Å². The number of carbonyl (C=O) groups excluding carboxylic acids is 1. The van der Waals surface area contributed by atoms with Crippen molar-refractivity contribution in [2.45, 2.75) is 13.1 Å². The number of nitrogens with one attached hydrogen (secondary N) is 2. The monoisotopic (exact) mass is 396 g/mol. The molecule has 3 nitrogen and oxygen atoms in total. The van der Waals surface area contributed by atoms with Crippen LogP contribution in [0.3, 0.4) is 0 Å². The number of carbonyl (C=O) groups is 1. The van der Waals surface area contributed by atoms with E-state index in [9.17, 15) is 18.0 Å². The highest BCUT2D eigenvalue weighted by Crippen LogP contribution is 2.31. The van der Waals surface area contributed by atoms with Gasteiger partial charge in [-0.25, -0.2) is 0 Å². The summed E-state index contributed by atoms with van der Waals surface area (Å²) in [5, 5.41) is 3.56. The minimum absolute atomic E-state index is 0.159. The summed E-state index contributed by atoms with van der Waals surface area (Å²) in [5.74, 6) is -0.466. The second-order valence-corrected chi connectivity index (χ2v) is 6.22. The minimum Gasteiger partial charge on any atom is -0.358 e. The van der Waals surface area contributed by atoms with Gasteiger partial charge in [0.2, 0.25) is 0 Å². The molecule has 0 bridgehead atoms. The van der Waals surface area contributed by atoms with Gasteiger partial charge >= 0.3 is 6.18 Å². The average molecular weight is 397 g/mol. The van der Waals surface area contributed by atoms with Crippen molar-refractivity contribution in [1.82, 2.24) is 4.98 Å². The molecular formula is C17H12BrF3N2O. The molecule has 0 radical (unpaired) electrons. The molecule has 0 aliphatic rings. The van der Waals surface area contributed by atoms with E-state index in [0.29, 0.717) is 5.69 Å². The molecule has 0 aliphatic heterocycles. The number of fused-ring (bicyclic) bond motifs is 1. The molecule has 1 heterocycles. The Hall–Kier alpha value is -2.28. The largest absolute Gasteiger partial charge is 0.416 e. The molecule has 2 aromatic carbocycles. The molecule has 0 spiro atoms. The SMILES string of the molecule is Cc1cc2c(NC(=O)c3ccc(C(F)(F)F)cc3)ccc(Br)c2[nH]1. The first-order chi connectivity index (χ1) is 11.3. The predicted molar refractivity (Wildman–Crippen MR) is 90.1 cm³/mol. The number of hydrogen-bond donors (Lipinski definition) is 2. The molecule has 0 atom stereocenters. The Balaban J connectivity index is 1.89. The molecular weight excluding hydrogens is 385 g/mol. The molecule has 0 saturated heterocycles. The Morgan fingerprint density at radius 3 is 2.42 bits per heavy atom. The number of anilines is 1. The third-order valence-electron chi connectivity index (χ3n) is 3.60. The fourth-order valence-corrected chi connectivity index (χ4v) is 2.88. The van der Waals surface area contributed by atoms with E-state index in [0.717, 1.165) is 45.3 Å². The van der Waals surface area contributed by atoms with Crippen LogP contribution in [0, 0.1) is 6.92 Å². The van der Waals surface area contributed by atoms with Gasteiger partial charge in [-0.1, -0.05) is 0 Å². The van der Waals surface area contributed by atoms with Gasteiger partial charge in [0.1, 0.15) is 0 Å². The van der Waals surface area contributed by atoms with E-state index in [1.54, 1.807) is 12.1 Å². The molecule has 7 heteroatoms. The second kappa shape index (κ2) is 5.98. The topological polar surface area (TPSA) is 44.9 Å². The molecule has 3 rings (SSSR count). The highest BCUT2D eigenvalue weighted by Gasteiger charge is 2.30. The van der Waals surface area contributed by atoms with Crippen LogP contribution in [-0.4, -0.2) is 10.9 Å². The first-order valence-corrected chi connectivity index (χ1v) is 7.81. The van der Waals surface area contributed by atoms with Crippen molar-refractivity contribution in [2.75, 3.05) is 5.32 Å². The number of aryl methyl sites for hydroxylation is 1. The van der Waals surface area contributed by atoms with Crippen molar-refractivity contribution in [3.05, 3.63) is 63.8 Å². The number of amides is 1. The van der Waals surface area contributed by atoms with Gasteiger partial charge in [0.15, 0.2) is 0 Å². The van der Waals surface area contributed by atoms with Crippen molar-refractivity contribution >= 4 is 38.4 Å². The lowest BCUT2D eigenvalue weighted by molar-refractivity contribution is -0.137. The fourth-order valence-electron chi connectivity index (χ4n) is 2.43. The number of aromatic amines is 1. The highest BCUT2D eigenvalue weighted by molar-refractivity contribution is 9.10. The summed E-state index contributed by atoms with van der Waals surface area (Å²) in [5.41, 5.74) is 1.74. The summed E-state index contributed by atoms with van der Waals surface area (Å²) in [6.07, 6.45) is -4.42. The van der Waals surface area contributed by atoms with Gasteiger partial charge in [0.05, 0.1) is 16.8 Å². The zero-order valence-corrected chi connectivity index (χ0v) is 14.0. The maximum Gasteiger partial charge on any atom is 0.416 e. The molecule has 24 heavy (non-hydrogen) atoms. The molecule has 0 saturated carbocycles. The van der Waals surface area contributed by atoms with Gasteiger partial charge < -0.3 is 10.3 Å². The van der Waals surface area contributed by atoms with Gasteiger partial charge in [-0.2, -0.15) is 13.2 Å². The number of benzene rings is 2. The lowest BCUT2D eigenvalue weighted by Gasteiger charge is -2.09. The normalized spacial score (nSPS) is 11.7. The van der Waals surface area contributed by atoms with Crippen molar-refractivity contribution in [1.29, 1.82) is 0 Å². The highest BCUT2D eigenvalue weighted by atomic mass is 79.9. The van der Waals surface area contributed by atoms with E-state index in [1.165, 1.54) is 0 Å². The second-order valence-electron chi connectivity index (χ2n) is 5.37. The Bertz CT molecular complexity index is 914. The van der Waals surface area contributed by atoms with Crippen molar-refractivity contribution < 1.29 is 18.0 Å². The first-order valence-electron chi connectivity index (χ1n) is 7.02. The van der Waals surface area contributed by atoms with Crippen LogP contribution in [-0.2, 0) is 6.18 Å². The summed E-state index contributed by atoms with van der Waals surface area (Å²) in [4.78, 5) is 15.5. The molecule has 1 amide bonds. The summed E-state index contributed by atoms with van der Waals surface area (Å²) in [6.45, 7) is 1.90. The van der Waals surface area contributed by atoms with Crippen LogP contribution in [0.4, 0.5) is 18.9 Å². The standard InChI is InChI=1S/C17H12BrF3N2O/c1-9-8-12-14(7-6-13(18)15(12)22-9)23-16(24)10-2-4-11(5-3-10)17(19,20)21/h2-8,22H,1H3,(H,23,24). The Kier molecular flexibility index (Phi) is 4.13. The molecule has 0 unspecified atom stereocenters. The van der Waals surface area contributed by atoms with Crippen molar-refractivity contribution in [3.63, 3.8) is 0 Å². The number of H-pyrrole nitrogens is 1. The first kappa shape index (κ1) is 16.6. The molecule has 0 fully saturated rings. The molecule has 124 valence electrons. The number of aromatic nitrogens is 1. The van der Waals surface area contributed by atoms with Gasteiger partial charge in [-0.05, 0) is 65.3 Å². The smallest absolute Gasteiger partial charge is 0.358 e. The number of alkyl halides is 3.